The summed E-state index contributed by atoms with van der Waals surface area (Å²) in [5, 5.41) is 4.32. The Labute approximate surface area is 138 Å². The molecule has 1 aromatic carbocycles. The van der Waals surface area contributed by atoms with Gasteiger partial charge < -0.3 is 9.47 Å². The van der Waals surface area contributed by atoms with Gasteiger partial charge in [0.2, 0.25) is 0 Å². The molecule has 1 aromatic heterocycles. The van der Waals surface area contributed by atoms with Crippen molar-refractivity contribution >= 4 is 14.4 Å². The first kappa shape index (κ1) is 17.4. The van der Waals surface area contributed by atoms with Crippen molar-refractivity contribution in [2.75, 3.05) is 13.7 Å². The maximum absolute atomic E-state index is 11.0. The molecule has 1 heterocycles. The Hall–Kier alpha value is -1.92. The zero-order valence-corrected chi connectivity index (χ0v) is 15.2. The largest absolute Gasteiger partial charge is 0.496 e. The van der Waals surface area contributed by atoms with Crippen LogP contribution in [0.4, 0.5) is 0 Å². The molecule has 0 atom stereocenters. The van der Waals surface area contributed by atoms with Gasteiger partial charge in [0, 0.05) is 37.6 Å². The second-order valence-corrected chi connectivity index (χ2v) is 12.3. The molecule has 0 fully saturated rings. The first-order chi connectivity index (χ1) is 10.9. The summed E-state index contributed by atoms with van der Waals surface area (Å²) in [6, 6.07) is 6.47. The minimum absolute atomic E-state index is 0.431. The standard InChI is InChI=1S/C17H24N2O3Si/c1-21-17-6-5-14(12-20)9-16(17)15-10-18-19(11-15)13-22-7-8-23(2,3)4/h5-6,9-12H,7-8,13H2,1-4H3. The molecule has 0 amide bonds. The Morgan fingerprint density at radius 2 is 2.09 bits per heavy atom. The molecule has 2 rings (SSSR count). The van der Waals surface area contributed by atoms with E-state index in [2.05, 4.69) is 24.7 Å². The van der Waals surface area contributed by atoms with Crippen molar-refractivity contribution < 1.29 is 14.3 Å². The van der Waals surface area contributed by atoms with E-state index in [1.807, 2.05) is 6.20 Å². The third-order valence-electron chi connectivity index (χ3n) is 3.52. The van der Waals surface area contributed by atoms with Gasteiger partial charge in [0.15, 0.2) is 0 Å². The molecule has 0 saturated carbocycles. The first-order valence-corrected chi connectivity index (χ1v) is 11.4. The Balaban J connectivity index is 2.06. The fraction of sp³-hybridized carbons (Fsp3) is 0.412. The van der Waals surface area contributed by atoms with Crippen molar-refractivity contribution in [2.45, 2.75) is 32.4 Å². The van der Waals surface area contributed by atoms with Gasteiger partial charge in [0.25, 0.3) is 0 Å². The average Bonchev–Trinajstić information content (AvgIpc) is 2.98. The van der Waals surface area contributed by atoms with Gasteiger partial charge >= 0.3 is 0 Å². The number of aromatic nitrogens is 2. The van der Waals surface area contributed by atoms with Crippen molar-refractivity contribution in [3.8, 4) is 16.9 Å². The van der Waals surface area contributed by atoms with Crippen molar-refractivity contribution in [3.63, 3.8) is 0 Å². The molecule has 124 valence electrons. The molecule has 2 aromatic rings. The summed E-state index contributed by atoms with van der Waals surface area (Å²) in [5.41, 5.74) is 2.37. The van der Waals surface area contributed by atoms with Gasteiger partial charge in [-0.2, -0.15) is 5.10 Å². The van der Waals surface area contributed by atoms with E-state index in [-0.39, 0.29) is 0 Å². The highest BCUT2D eigenvalue weighted by molar-refractivity contribution is 6.76. The predicted molar refractivity (Wildman–Crippen MR) is 93.7 cm³/mol. The lowest BCUT2D eigenvalue weighted by Crippen LogP contribution is -2.22. The number of benzene rings is 1. The number of hydrogen-bond donors (Lipinski definition) is 0. The molecule has 0 aliphatic rings. The van der Waals surface area contributed by atoms with Crippen LogP contribution in [0.3, 0.4) is 0 Å². The molecular formula is C17H24N2O3Si. The third kappa shape index (κ3) is 5.04. The molecule has 0 unspecified atom stereocenters. The normalized spacial score (nSPS) is 11.5. The molecule has 0 N–H and O–H groups in total. The maximum atomic E-state index is 11.0. The highest BCUT2D eigenvalue weighted by Crippen LogP contribution is 2.30. The van der Waals surface area contributed by atoms with Gasteiger partial charge in [0.05, 0.1) is 13.3 Å². The number of carbonyl (C=O) groups excluding carboxylic acids is 1. The van der Waals surface area contributed by atoms with Crippen molar-refractivity contribution in [1.29, 1.82) is 0 Å². The fourth-order valence-corrected chi connectivity index (χ4v) is 2.89. The van der Waals surface area contributed by atoms with E-state index in [1.54, 1.807) is 36.2 Å². The molecule has 23 heavy (non-hydrogen) atoms. The smallest absolute Gasteiger partial charge is 0.150 e. The lowest BCUT2D eigenvalue weighted by molar-refractivity contribution is 0.0786. The quantitative estimate of drug-likeness (QED) is 0.420. The fourth-order valence-electron chi connectivity index (χ4n) is 2.13. The zero-order valence-electron chi connectivity index (χ0n) is 14.2. The van der Waals surface area contributed by atoms with E-state index in [4.69, 9.17) is 9.47 Å². The average molecular weight is 332 g/mol. The van der Waals surface area contributed by atoms with Crippen LogP contribution in [0.1, 0.15) is 10.4 Å². The Kier molecular flexibility index (Phi) is 5.73. The van der Waals surface area contributed by atoms with Gasteiger partial charge in [-0.3, -0.25) is 4.79 Å². The van der Waals surface area contributed by atoms with Gasteiger partial charge in [-0.1, -0.05) is 19.6 Å². The summed E-state index contributed by atoms with van der Waals surface area (Å²) in [5.74, 6) is 0.717. The highest BCUT2D eigenvalue weighted by Gasteiger charge is 2.12. The second-order valence-electron chi connectivity index (χ2n) is 6.69. The molecule has 0 radical (unpaired) electrons. The monoisotopic (exact) mass is 332 g/mol. The van der Waals surface area contributed by atoms with Crippen LogP contribution in [0.25, 0.3) is 11.1 Å². The number of hydrogen-bond acceptors (Lipinski definition) is 4. The third-order valence-corrected chi connectivity index (χ3v) is 5.23. The lowest BCUT2D eigenvalue weighted by Gasteiger charge is -2.15. The molecule has 6 heteroatoms. The van der Waals surface area contributed by atoms with E-state index < -0.39 is 8.07 Å². The van der Waals surface area contributed by atoms with E-state index in [9.17, 15) is 4.79 Å². The Morgan fingerprint density at radius 1 is 1.30 bits per heavy atom. The van der Waals surface area contributed by atoms with Crippen LogP contribution in [0.15, 0.2) is 30.6 Å². The molecule has 0 aliphatic carbocycles. The molecule has 5 nitrogen and oxygen atoms in total. The number of methoxy groups -OCH3 is 1. The summed E-state index contributed by atoms with van der Waals surface area (Å²) < 4.78 is 12.8. The minimum atomic E-state index is -1.07. The van der Waals surface area contributed by atoms with E-state index in [0.29, 0.717) is 12.3 Å². The first-order valence-electron chi connectivity index (χ1n) is 7.67. The van der Waals surface area contributed by atoms with E-state index in [1.165, 1.54) is 0 Å². The van der Waals surface area contributed by atoms with Crippen LogP contribution in [0.2, 0.25) is 25.7 Å². The van der Waals surface area contributed by atoms with Gasteiger partial charge in [-0.15, -0.1) is 0 Å². The maximum Gasteiger partial charge on any atom is 0.150 e. The number of nitrogens with zero attached hydrogens (tertiary/aromatic N) is 2. The van der Waals surface area contributed by atoms with Crippen LogP contribution in [0, 0.1) is 0 Å². The highest BCUT2D eigenvalue weighted by atomic mass is 28.3. The van der Waals surface area contributed by atoms with Crippen LogP contribution < -0.4 is 4.74 Å². The zero-order chi connectivity index (χ0) is 16.9. The molecule has 0 aliphatic heterocycles. The summed E-state index contributed by atoms with van der Waals surface area (Å²) in [6.45, 7) is 8.17. The lowest BCUT2D eigenvalue weighted by atomic mass is 10.1. The van der Waals surface area contributed by atoms with Gasteiger partial charge in [0.1, 0.15) is 18.8 Å². The van der Waals surface area contributed by atoms with Crippen molar-refractivity contribution in [2.24, 2.45) is 0 Å². The summed E-state index contributed by atoms with van der Waals surface area (Å²) in [7, 11) is 0.544. The Morgan fingerprint density at radius 3 is 2.74 bits per heavy atom. The SMILES string of the molecule is COc1ccc(C=O)cc1-c1cnn(COCC[Si](C)(C)C)c1. The van der Waals surface area contributed by atoms with Crippen molar-refractivity contribution in [1.82, 2.24) is 9.78 Å². The molecule has 0 saturated heterocycles. The number of rotatable bonds is 8. The van der Waals surface area contributed by atoms with Crippen molar-refractivity contribution in [3.05, 3.63) is 36.2 Å². The van der Waals surface area contributed by atoms with Crippen LogP contribution in [-0.2, 0) is 11.5 Å². The molecule has 0 bridgehead atoms. The Bertz CT molecular complexity index is 662. The van der Waals surface area contributed by atoms with Crippen LogP contribution >= 0.6 is 0 Å². The van der Waals surface area contributed by atoms with E-state index >= 15 is 0 Å². The predicted octanol–water partition coefficient (Wildman–Crippen LogP) is 3.68. The molecule has 0 spiro atoms. The molecular weight excluding hydrogens is 308 g/mol. The van der Waals surface area contributed by atoms with Gasteiger partial charge in [-0.25, -0.2) is 4.68 Å². The van der Waals surface area contributed by atoms with Crippen LogP contribution in [-0.4, -0.2) is 37.9 Å². The summed E-state index contributed by atoms with van der Waals surface area (Å²) in [4.78, 5) is 11.0. The number of ether oxygens (including phenoxy) is 2. The van der Waals surface area contributed by atoms with Crippen LogP contribution in [0.5, 0.6) is 5.75 Å². The summed E-state index contributed by atoms with van der Waals surface area (Å²) in [6.07, 6.45) is 4.49. The minimum Gasteiger partial charge on any atom is -0.496 e. The number of aldehydes is 1. The second kappa shape index (κ2) is 7.57. The van der Waals surface area contributed by atoms with E-state index in [0.717, 1.165) is 35.8 Å². The number of carbonyl (C=O) groups is 1. The summed E-state index contributed by atoms with van der Waals surface area (Å²) >= 11 is 0. The topological polar surface area (TPSA) is 53.3 Å². The van der Waals surface area contributed by atoms with Gasteiger partial charge in [-0.05, 0) is 24.2 Å².